The van der Waals surface area contributed by atoms with Crippen LogP contribution in [0.4, 0.5) is 0 Å². The van der Waals surface area contributed by atoms with E-state index in [0.717, 1.165) is 43.0 Å². The van der Waals surface area contributed by atoms with Crippen LogP contribution in [0, 0.1) is 23.2 Å². The van der Waals surface area contributed by atoms with Crippen molar-refractivity contribution in [3.05, 3.63) is 69.2 Å². The van der Waals surface area contributed by atoms with E-state index < -0.39 is 0 Å². The van der Waals surface area contributed by atoms with E-state index in [1.807, 2.05) is 36.2 Å². The highest BCUT2D eigenvalue weighted by atomic mass is 35.5. The van der Waals surface area contributed by atoms with E-state index in [1.54, 1.807) is 23.1 Å². The number of rotatable bonds is 7. The highest BCUT2D eigenvalue weighted by Crippen LogP contribution is 2.36. The third kappa shape index (κ3) is 6.17. The van der Waals surface area contributed by atoms with E-state index in [1.165, 1.54) is 19.4 Å². The first-order chi connectivity index (χ1) is 18.3. The van der Waals surface area contributed by atoms with Gasteiger partial charge in [0.05, 0.1) is 34.1 Å². The molecule has 2 aromatic carbocycles. The number of piperidine rings is 1. The summed E-state index contributed by atoms with van der Waals surface area (Å²) in [4.78, 5) is 33.3. The molecule has 38 heavy (non-hydrogen) atoms. The number of hydrogen-bond acceptors (Lipinski definition) is 4. The molecular weight excluding hydrogens is 519 g/mol. The molecule has 6 nitrogen and oxygen atoms in total. The van der Waals surface area contributed by atoms with Gasteiger partial charge in [0.1, 0.15) is 0 Å². The molecule has 2 amide bonds. The first kappa shape index (κ1) is 27.0. The third-order valence-corrected chi connectivity index (χ3v) is 9.19. The van der Waals surface area contributed by atoms with Crippen molar-refractivity contribution in [3.8, 4) is 6.07 Å². The predicted molar refractivity (Wildman–Crippen MR) is 149 cm³/mol. The molecule has 8 heteroatoms. The van der Waals surface area contributed by atoms with Crippen LogP contribution in [-0.4, -0.2) is 72.3 Å². The average Bonchev–Trinajstić information content (AvgIpc) is 3.64. The Balaban J connectivity index is 1.30. The number of halogens is 2. The topological polar surface area (TPSA) is 67.6 Å². The molecule has 0 N–H and O–H groups in total. The predicted octanol–water partition coefficient (Wildman–Crippen LogP) is 4.98. The van der Waals surface area contributed by atoms with E-state index in [2.05, 4.69) is 11.0 Å². The van der Waals surface area contributed by atoms with Crippen LogP contribution in [0.5, 0.6) is 0 Å². The fourth-order valence-corrected chi connectivity index (χ4v) is 6.20. The van der Waals surface area contributed by atoms with Crippen molar-refractivity contribution in [3.63, 3.8) is 0 Å². The molecule has 2 aromatic rings. The van der Waals surface area contributed by atoms with E-state index in [0.29, 0.717) is 28.7 Å². The lowest BCUT2D eigenvalue weighted by atomic mass is 9.93. The molecule has 2 aliphatic heterocycles. The maximum Gasteiger partial charge on any atom is 0.227 e. The van der Waals surface area contributed by atoms with Crippen LogP contribution in [0.15, 0.2) is 42.5 Å². The first-order valence-corrected chi connectivity index (χ1v) is 14.3. The van der Waals surface area contributed by atoms with Crippen molar-refractivity contribution < 1.29 is 9.59 Å². The van der Waals surface area contributed by atoms with E-state index in [4.69, 9.17) is 28.5 Å². The maximum atomic E-state index is 13.7. The Morgan fingerprint density at radius 1 is 1.00 bits per heavy atom. The Bertz CT molecular complexity index is 1220. The van der Waals surface area contributed by atoms with Gasteiger partial charge in [-0.3, -0.25) is 9.59 Å². The maximum absolute atomic E-state index is 13.7. The number of benzene rings is 2. The van der Waals surface area contributed by atoms with Gasteiger partial charge in [-0.15, -0.1) is 0 Å². The molecule has 2 saturated heterocycles. The molecule has 200 valence electrons. The van der Waals surface area contributed by atoms with Crippen molar-refractivity contribution >= 4 is 35.0 Å². The molecule has 3 aliphatic rings. The van der Waals surface area contributed by atoms with Crippen LogP contribution in [0.1, 0.15) is 48.3 Å². The Labute approximate surface area is 235 Å². The number of likely N-dealkylation sites (tertiary alicyclic amines) is 2. The zero-order valence-corrected chi connectivity index (χ0v) is 23.3. The van der Waals surface area contributed by atoms with E-state index in [9.17, 15) is 9.59 Å². The molecule has 5 rings (SSSR count). The van der Waals surface area contributed by atoms with Gasteiger partial charge in [-0.1, -0.05) is 41.4 Å². The summed E-state index contributed by atoms with van der Waals surface area (Å²) in [5.74, 6) is 1.03. The molecule has 0 aromatic heterocycles. The lowest BCUT2D eigenvalue weighted by molar-refractivity contribution is -0.137. The number of nitriles is 1. The molecule has 1 saturated carbocycles. The zero-order valence-electron chi connectivity index (χ0n) is 21.8. The summed E-state index contributed by atoms with van der Waals surface area (Å²) in [5.41, 5.74) is 2.41. The lowest BCUT2D eigenvalue weighted by Gasteiger charge is -2.33. The highest BCUT2D eigenvalue weighted by molar-refractivity contribution is 6.42. The minimum absolute atomic E-state index is 0.0209. The number of nitrogens with zero attached hydrogens (tertiary/aromatic N) is 4. The summed E-state index contributed by atoms with van der Waals surface area (Å²) in [7, 11) is 1.82. The van der Waals surface area contributed by atoms with Gasteiger partial charge in [0.25, 0.3) is 0 Å². The van der Waals surface area contributed by atoms with Gasteiger partial charge >= 0.3 is 0 Å². The summed E-state index contributed by atoms with van der Waals surface area (Å²) < 4.78 is 0. The second-order valence-electron chi connectivity index (χ2n) is 11.1. The Kier molecular flexibility index (Phi) is 8.28. The molecule has 0 unspecified atom stereocenters. The molecule has 0 spiro atoms. The molecule has 0 radical (unpaired) electrons. The largest absolute Gasteiger partial charge is 0.340 e. The van der Waals surface area contributed by atoms with Gasteiger partial charge in [0.15, 0.2) is 0 Å². The number of carbonyl (C=O) groups excluding carboxylic acids is 2. The second kappa shape index (κ2) is 11.7. The van der Waals surface area contributed by atoms with Crippen molar-refractivity contribution in [2.45, 2.75) is 44.1 Å². The molecule has 2 atom stereocenters. The lowest BCUT2D eigenvalue weighted by Crippen LogP contribution is -2.45. The van der Waals surface area contributed by atoms with Crippen molar-refractivity contribution in [1.82, 2.24) is 14.7 Å². The Morgan fingerprint density at radius 3 is 2.34 bits per heavy atom. The first-order valence-electron chi connectivity index (χ1n) is 13.5. The summed E-state index contributed by atoms with van der Waals surface area (Å²) in [6, 6.07) is 14.6. The van der Waals surface area contributed by atoms with Gasteiger partial charge in [-0.05, 0) is 80.1 Å². The summed E-state index contributed by atoms with van der Waals surface area (Å²) in [5, 5.41) is 10.0. The standard InChI is InChI=1S/C30H34Cl2N4O2/c1-34(29(37)14-20-2-4-21(16-33)5-3-20)28-19-36(18-25(28)24-8-9-26(31)27(32)15-24)30(38)23-10-12-35(13-11-23)17-22-6-7-22/h2-5,8-9,15,22-23,25,28H,6-7,10-14,17-19H2,1H3/t25-,28+/m1/s1. The van der Waals surface area contributed by atoms with E-state index >= 15 is 0 Å². The van der Waals surface area contributed by atoms with Gasteiger partial charge in [-0.25, -0.2) is 0 Å². The number of amides is 2. The summed E-state index contributed by atoms with van der Waals surface area (Å²) in [6.07, 6.45) is 4.73. The molecule has 1 aliphatic carbocycles. The van der Waals surface area contributed by atoms with Crippen molar-refractivity contribution in [2.75, 3.05) is 39.8 Å². The number of likely N-dealkylation sites (N-methyl/N-ethyl adjacent to an activating group) is 1. The molecule has 0 bridgehead atoms. The minimum atomic E-state index is -0.169. The van der Waals surface area contributed by atoms with E-state index in [-0.39, 0.29) is 36.1 Å². The van der Waals surface area contributed by atoms with Crippen molar-refractivity contribution in [1.29, 1.82) is 5.26 Å². The minimum Gasteiger partial charge on any atom is -0.340 e. The van der Waals surface area contributed by atoms with Crippen LogP contribution in [0.2, 0.25) is 10.0 Å². The van der Waals surface area contributed by atoms with Crippen LogP contribution >= 0.6 is 23.2 Å². The molecular formula is C30H34Cl2N4O2. The Hall–Kier alpha value is -2.59. The average molecular weight is 554 g/mol. The normalized spacial score (nSPS) is 22.3. The van der Waals surface area contributed by atoms with Crippen LogP contribution < -0.4 is 0 Å². The van der Waals surface area contributed by atoms with Crippen LogP contribution in [-0.2, 0) is 16.0 Å². The number of hydrogen-bond donors (Lipinski definition) is 0. The third-order valence-electron chi connectivity index (χ3n) is 8.45. The fraction of sp³-hybridized carbons (Fsp3) is 0.500. The highest BCUT2D eigenvalue weighted by Gasteiger charge is 2.42. The summed E-state index contributed by atoms with van der Waals surface area (Å²) in [6.45, 7) is 4.21. The summed E-state index contributed by atoms with van der Waals surface area (Å²) >= 11 is 12.6. The zero-order chi connectivity index (χ0) is 26.8. The second-order valence-corrected chi connectivity index (χ2v) is 11.9. The quantitative estimate of drug-likeness (QED) is 0.485. The van der Waals surface area contributed by atoms with Gasteiger partial charge in [-0.2, -0.15) is 5.26 Å². The smallest absolute Gasteiger partial charge is 0.227 e. The Morgan fingerprint density at radius 2 is 1.71 bits per heavy atom. The van der Waals surface area contributed by atoms with Gasteiger partial charge in [0, 0.05) is 38.5 Å². The van der Waals surface area contributed by atoms with Gasteiger partial charge in [0.2, 0.25) is 11.8 Å². The monoisotopic (exact) mass is 552 g/mol. The van der Waals surface area contributed by atoms with Crippen LogP contribution in [0.25, 0.3) is 0 Å². The molecule has 2 heterocycles. The van der Waals surface area contributed by atoms with Crippen LogP contribution in [0.3, 0.4) is 0 Å². The number of carbonyl (C=O) groups is 2. The fourth-order valence-electron chi connectivity index (χ4n) is 5.90. The molecule has 3 fully saturated rings. The van der Waals surface area contributed by atoms with Crippen molar-refractivity contribution in [2.24, 2.45) is 11.8 Å². The van der Waals surface area contributed by atoms with Gasteiger partial charge < -0.3 is 14.7 Å². The SMILES string of the molecule is CN(C(=O)Cc1ccc(C#N)cc1)[C@H]1CN(C(=O)C2CCN(CC3CC3)CC2)C[C@@H]1c1ccc(Cl)c(Cl)c1.